The van der Waals surface area contributed by atoms with Crippen LogP contribution in [0.15, 0.2) is 91.0 Å². The molecule has 1 aliphatic carbocycles. The number of anilines is 1. The number of nitrogen functional groups attached to an aromatic ring is 1. The number of amides is 2. The second-order valence-electron chi connectivity index (χ2n) is 14.3. The van der Waals surface area contributed by atoms with Gasteiger partial charge in [0.2, 0.25) is 5.82 Å². The lowest BCUT2D eigenvalue weighted by atomic mass is 9.80. The Balaban J connectivity index is 1.27. The number of pyridine rings is 1. The van der Waals surface area contributed by atoms with Gasteiger partial charge in [-0.1, -0.05) is 63.7 Å². The van der Waals surface area contributed by atoms with Crippen LogP contribution < -0.4 is 31.0 Å². The number of carbonyl (C=O) groups excluding carboxylic acids is 1. The summed E-state index contributed by atoms with van der Waals surface area (Å²) in [6, 6.07) is 18.8. The second kappa shape index (κ2) is 15.7. The Kier molecular flexibility index (Phi) is 11.4. The number of ether oxygens (including phenoxy) is 1. The molecule has 2 amide bonds. The van der Waals surface area contributed by atoms with Gasteiger partial charge in [-0.3, -0.25) is 15.5 Å². The number of piperidine rings is 1. The fraction of sp³-hybridized carbons (Fsp3) is 0.385. The van der Waals surface area contributed by atoms with Crippen molar-refractivity contribution in [3.05, 3.63) is 108 Å². The van der Waals surface area contributed by atoms with Crippen LogP contribution in [0.2, 0.25) is 0 Å². The Bertz CT molecular complexity index is 1780. The van der Waals surface area contributed by atoms with Crippen LogP contribution in [0.25, 0.3) is 0 Å². The van der Waals surface area contributed by atoms with E-state index in [2.05, 4.69) is 36.3 Å². The molecule has 1 saturated heterocycles. The number of aliphatic hydroxyl groups excluding tert-OH is 1. The highest BCUT2D eigenvalue weighted by Gasteiger charge is 2.32. The Hall–Kier alpha value is -5.00. The van der Waals surface area contributed by atoms with Gasteiger partial charge in [-0.15, -0.1) is 0 Å². The van der Waals surface area contributed by atoms with E-state index in [0.29, 0.717) is 29.7 Å². The molecule has 0 radical (unpaired) electrons. The molecule has 2 heterocycles. The van der Waals surface area contributed by atoms with Crippen molar-refractivity contribution in [1.29, 1.82) is 10.8 Å². The lowest BCUT2D eigenvalue weighted by Crippen LogP contribution is -2.79. The van der Waals surface area contributed by atoms with Crippen LogP contribution in [0.1, 0.15) is 88.4 Å². The van der Waals surface area contributed by atoms with Gasteiger partial charge in [0, 0.05) is 35.3 Å². The lowest BCUT2D eigenvalue weighted by Gasteiger charge is -2.33. The molecule has 11 heteroatoms. The van der Waals surface area contributed by atoms with E-state index in [1.807, 2.05) is 73.5 Å². The molecule has 3 unspecified atom stereocenters. The van der Waals surface area contributed by atoms with Crippen LogP contribution >= 0.6 is 0 Å². The molecule has 9 N–H and O–H groups in total. The number of hydrogen-bond donors (Lipinski definition) is 7. The summed E-state index contributed by atoms with van der Waals surface area (Å²) in [5, 5.41) is 35.1. The number of quaternary nitrogens is 1. The molecule has 0 spiro atoms. The van der Waals surface area contributed by atoms with Gasteiger partial charge in [-0.2, -0.15) is 9.98 Å². The average Bonchev–Trinajstić information content (AvgIpc) is 3.08. The van der Waals surface area contributed by atoms with Crippen molar-refractivity contribution in [3.8, 4) is 5.75 Å². The van der Waals surface area contributed by atoms with Gasteiger partial charge in [0.05, 0.1) is 31.0 Å². The van der Waals surface area contributed by atoms with Crippen LogP contribution in [-0.4, -0.2) is 40.4 Å². The minimum atomic E-state index is -0.404. The van der Waals surface area contributed by atoms with Gasteiger partial charge in [0.15, 0.2) is 5.82 Å². The minimum Gasteiger partial charge on any atom is -0.490 e. The number of urea groups is 1. The first-order chi connectivity index (χ1) is 23.8. The third kappa shape index (κ3) is 8.77. The van der Waals surface area contributed by atoms with E-state index in [1.54, 1.807) is 22.9 Å². The molecular formula is C39H52N8O3+2. The number of allylic oxidation sites excluding steroid dienone is 2. The summed E-state index contributed by atoms with van der Waals surface area (Å²) < 4.78 is 7.99. The summed E-state index contributed by atoms with van der Waals surface area (Å²) in [7, 11) is 0. The number of benzene rings is 2. The predicted molar refractivity (Wildman–Crippen MR) is 196 cm³/mol. The van der Waals surface area contributed by atoms with Crippen molar-refractivity contribution in [1.82, 2.24) is 15.5 Å². The quantitative estimate of drug-likeness (QED) is 0.0702. The Morgan fingerprint density at radius 2 is 1.88 bits per heavy atom. The highest BCUT2D eigenvalue weighted by Crippen LogP contribution is 2.38. The van der Waals surface area contributed by atoms with E-state index in [1.165, 1.54) is 0 Å². The van der Waals surface area contributed by atoms with Crippen molar-refractivity contribution >= 4 is 29.2 Å². The average molecular weight is 681 g/mol. The first kappa shape index (κ1) is 36.3. The van der Waals surface area contributed by atoms with Crippen LogP contribution in [0.5, 0.6) is 5.75 Å². The summed E-state index contributed by atoms with van der Waals surface area (Å²) in [5.41, 5.74) is 10.9. The van der Waals surface area contributed by atoms with Gasteiger partial charge in [0.1, 0.15) is 17.6 Å². The number of likely N-dealkylation sites (tertiary alicyclic amines) is 1. The Morgan fingerprint density at radius 1 is 1.12 bits per heavy atom. The zero-order valence-corrected chi connectivity index (χ0v) is 29.6. The fourth-order valence-corrected chi connectivity index (χ4v) is 6.57. The van der Waals surface area contributed by atoms with Crippen molar-refractivity contribution in [2.24, 2.45) is 5.41 Å². The summed E-state index contributed by atoms with van der Waals surface area (Å²) in [4.78, 5) is 15.4. The lowest BCUT2D eigenvalue weighted by molar-refractivity contribution is -0.551. The maximum absolute atomic E-state index is 13.5. The molecule has 1 aliphatic heterocycles. The van der Waals surface area contributed by atoms with Crippen molar-refractivity contribution in [3.63, 3.8) is 0 Å². The highest BCUT2D eigenvalue weighted by atomic mass is 16.5. The Morgan fingerprint density at radius 3 is 2.60 bits per heavy atom. The SMILES string of the molecule is C=C1CCCC(C)N1C(=N)[n+]1cc(OCC2CCC(NC(=O)NC(=CC(=N)C(C)(C)C)[NH2+]c3cccc(CO)c3)c3ccccc32)ccc1N. The number of hydrogen-bond acceptors (Lipinski definition) is 6. The van der Waals surface area contributed by atoms with Crippen molar-refractivity contribution < 1.29 is 24.5 Å². The third-order valence-electron chi connectivity index (χ3n) is 9.47. The van der Waals surface area contributed by atoms with E-state index in [0.717, 1.165) is 60.2 Å². The molecule has 3 atom stereocenters. The van der Waals surface area contributed by atoms with Gasteiger partial charge < -0.3 is 26.3 Å². The van der Waals surface area contributed by atoms with E-state index in [-0.39, 0.29) is 36.6 Å². The zero-order chi connectivity index (χ0) is 36.0. The number of nitrogens with two attached hydrogens (primary N) is 2. The van der Waals surface area contributed by atoms with Crippen LogP contribution in [0.3, 0.4) is 0 Å². The topological polar surface area (TPSA) is 168 Å². The van der Waals surface area contributed by atoms with Gasteiger partial charge in [-0.25, -0.2) is 4.79 Å². The molecule has 3 aromatic rings. The highest BCUT2D eigenvalue weighted by molar-refractivity contribution is 5.97. The van der Waals surface area contributed by atoms with Gasteiger partial charge in [0.25, 0.3) is 0 Å². The first-order valence-electron chi connectivity index (χ1n) is 17.4. The standard InChI is InChI=1S/C39H50N8O3/c1-25-10-8-11-26(2)47(25)37(42)46-22-30(17-19-35(46)41)50-24-28-16-18-33(32-15-7-6-14-31(28)32)44-38(49)45-36(21-34(40)39(3,4)5)43-29-13-9-12-27(20-29)23-48/h6-7,9,12-15,17,19-22,26,28,33,41-42,48H,1,8,10-11,16,18,23-24H2,2-5H3,(H4,40,43,44,45,49)/p+2. The molecule has 5 rings (SSSR count). The number of nitrogens with one attached hydrogen (secondary N) is 4. The van der Waals surface area contributed by atoms with E-state index < -0.39 is 5.41 Å². The second-order valence-corrected chi connectivity index (χ2v) is 14.3. The molecule has 1 aromatic heterocycles. The van der Waals surface area contributed by atoms with Crippen LogP contribution in [0.4, 0.5) is 16.3 Å². The van der Waals surface area contributed by atoms with Gasteiger partial charge in [-0.05, 0) is 67.9 Å². The molecule has 0 bridgehead atoms. The number of carbonyl (C=O) groups is 1. The molecule has 11 nitrogen and oxygen atoms in total. The number of rotatable bonds is 9. The molecule has 264 valence electrons. The smallest absolute Gasteiger partial charge is 0.351 e. The molecular weight excluding hydrogens is 628 g/mol. The molecule has 2 aromatic carbocycles. The zero-order valence-electron chi connectivity index (χ0n) is 29.6. The molecule has 50 heavy (non-hydrogen) atoms. The number of fused-ring (bicyclic) bond motifs is 1. The monoisotopic (exact) mass is 680 g/mol. The first-order valence-corrected chi connectivity index (χ1v) is 17.4. The summed E-state index contributed by atoms with van der Waals surface area (Å²) in [6.45, 7) is 12.5. The summed E-state index contributed by atoms with van der Waals surface area (Å²) in [5.74, 6) is 1.94. The molecule has 1 fully saturated rings. The van der Waals surface area contributed by atoms with Gasteiger partial charge >= 0.3 is 12.0 Å². The maximum Gasteiger partial charge on any atom is 0.351 e. The normalized spacial score (nSPS) is 19.4. The van der Waals surface area contributed by atoms with E-state index in [9.17, 15) is 9.90 Å². The van der Waals surface area contributed by atoms with E-state index >= 15 is 0 Å². The fourth-order valence-electron chi connectivity index (χ4n) is 6.57. The van der Waals surface area contributed by atoms with Crippen LogP contribution in [-0.2, 0) is 6.61 Å². The largest absolute Gasteiger partial charge is 0.490 e. The third-order valence-corrected chi connectivity index (χ3v) is 9.47. The predicted octanol–water partition coefficient (Wildman–Crippen LogP) is 5.32. The van der Waals surface area contributed by atoms with Crippen molar-refractivity contribution in [2.45, 2.75) is 84.4 Å². The van der Waals surface area contributed by atoms with Crippen molar-refractivity contribution in [2.75, 3.05) is 12.3 Å². The van der Waals surface area contributed by atoms with E-state index in [4.69, 9.17) is 21.3 Å². The van der Waals surface area contributed by atoms with Crippen LogP contribution in [0, 0.1) is 16.2 Å². The minimum absolute atomic E-state index is 0.0845. The Labute approximate surface area is 295 Å². The summed E-state index contributed by atoms with van der Waals surface area (Å²) >= 11 is 0. The summed E-state index contributed by atoms with van der Waals surface area (Å²) in [6.07, 6.45) is 7.90. The number of aliphatic hydroxyl groups is 1. The number of aromatic nitrogens is 1. The number of nitrogens with zero attached hydrogens (tertiary/aromatic N) is 2. The molecule has 0 saturated carbocycles. The maximum atomic E-state index is 13.5. The molecule has 2 aliphatic rings.